The molecule has 3 aliphatic rings. The Balaban J connectivity index is 1.11. The summed E-state index contributed by atoms with van der Waals surface area (Å²) in [4.78, 5) is 15.4. The van der Waals surface area contributed by atoms with E-state index in [9.17, 15) is 0 Å². The molecule has 0 saturated carbocycles. The number of benzene rings is 6. The highest BCUT2D eigenvalue weighted by molar-refractivity contribution is 5.90. The topological polar surface area (TPSA) is 38.7 Å². The van der Waals surface area contributed by atoms with E-state index in [1.807, 2.05) is 18.2 Å². The normalized spacial score (nSPS) is 15.2. The zero-order chi connectivity index (χ0) is 33.1. The number of nitrogens with zero attached hydrogens (tertiary/aromatic N) is 3. The van der Waals surface area contributed by atoms with Crippen molar-refractivity contribution in [2.45, 2.75) is 44.9 Å². The van der Waals surface area contributed by atoms with Crippen LogP contribution in [0, 0.1) is 0 Å². The van der Waals surface area contributed by atoms with Gasteiger partial charge < -0.3 is 0 Å². The molecule has 49 heavy (non-hydrogen) atoms. The molecule has 3 heteroatoms. The van der Waals surface area contributed by atoms with E-state index in [2.05, 4.69) is 137 Å². The first-order chi connectivity index (χ1) is 23.8. The summed E-state index contributed by atoms with van der Waals surface area (Å²) in [7, 11) is 0. The zero-order valence-electron chi connectivity index (χ0n) is 28.2. The molecule has 3 nitrogen and oxygen atoms in total. The van der Waals surface area contributed by atoms with Crippen LogP contribution >= 0.6 is 0 Å². The van der Waals surface area contributed by atoms with Gasteiger partial charge in [0, 0.05) is 27.5 Å². The molecule has 7 aromatic rings. The van der Waals surface area contributed by atoms with Crippen molar-refractivity contribution in [1.29, 1.82) is 0 Å². The maximum absolute atomic E-state index is 5.21. The second-order valence-corrected chi connectivity index (χ2v) is 14.8. The lowest BCUT2D eigenvalue weighted by Gasteiger charge is -2.24. The van der Waals surface area contributed by atoms with E-state index >= 15 is 0 Å². The lowest BCUT2D eigenvalue weighted by molar-refractivity contribution is 0.654. The molecule has 0 saturated heterocycles. The Morgan fingerprint density at radius 1 is 0.408 bits per heavy atom. The standard InChI is InChI=1S/C46H35N3/c1-45(2)38-17-11-10-16-33(38)34-20-18-29(25-39(34)45)43-47-42(27-12-6-5-7-13-27)48-44(49-43)30-19-21-35-36-23-22-32-31-15-9-8-14-28(31)24-37(32)41(36)46(3,4)40(35)26-30/h5-23,25-26H,24H2,1-4H3. The Morgan fingerprint density at radius 2 is 0.918 bits per heavy atom. The third kappa shape index (κ3) is 3.99. The molecular formula is C46H35N3. The van der Waals surface area contributed by atoms with E-state index in [-0.39, 0.29) is 10.8 Å². The van der Waals surface area contributed by atoms with Crippen molar-refractivity contribution in [3.8, 4) is 67.5 Å². The number of fused-ring (bicyclic) bond motifs is 10. The minimum atomic E-state index is -0.160. The minimum Gasteiger partial charge on any atom is -0.208 e. The summed E-state index contributed by atoms with van der Waals surface area (Å²) in [6.07, 6.45) is 0.985. The van der Waals surface area contributed by atoms with Crippen LogP contribution in [-0.4, -0.2) is 15.0 Å². The van der Waals surface area contributed by atoms with Crippen LogP contribution < -0.4 is 0 Å². The van der Waals surface area contributed by atoms with Gasteiger partial charge >= 0.3 is 0 Å². The van der Waals surface area contributed by atoms with E-state index in [1.54, 1.807) is 0 Å². The predicted molar refractivity (Wildman–Crippen MR) is 200 cm³/mol. The third-order valence-corrected chi connectivity index (χ3v) is 11.4. The summed E-state index contributed by atoms with van der Waals surface area (Å²) in [6.45, 7) is 9.38. The molecule has 0 fully saturated rings. The number of hydrogen-bond donors (Lipinski definition) is 0. The van der Waals surface area contributed by atoms with E-state index in [1.165, 1.54) is 66.8 Å². The maximum Gasteiger partial charge on any atom is 0.164 e. The van der Waals surface area contributed by atoms with Crippen molar-refractivity contribution < 1.29 is 0 Å². The minimum absolute atomic E-state index is 0.109. The maximum atomic E-state index is 5.21. The van der Waals surface area contributed by atoms with Crippen LogP contribution in [0.5, 0.6) is 0 Å². The summed E-state index contributed by atoms with van der Waals surface area (Å²) >= 11 is 0. The van der Waals surface area contributed by atoms with Crippen LogP contribution in [0.15, 0.2) is 127 Å². The van der Waals surface area contributed by atoms with Gasteiger partial charge in [0.1, 0.15) is 0 Å². The first-order valence-electron chi connectivity index (χ1n) is 17.3. The van der Waals surface area contributed by atoms with E-state index in [0.29, 0.717) is 17.5 Å². The van der Waals surface area contributed by atoms with Crippen molar-refractivity contribution in [2.24, 2.45) is 0 Å². The summed E-state index contributed by atoms with van der Waals surface area (Å²) in [5.74, 6) is 2.07. The molecule has 0 N–H and O–H groups in total. The molecular weight excluding hydrogens is 595 g/mol. The monoisotopic (exact) mass is 629 g/mol. The highest BCUT2D eigenvalue weighted by Gasteiger charge is 2.40. The summed E-state index contributed by atoms with van der Waals surface area (Å²) in [6, 6.07) is 46.1. The number of rotatable bonds is 3. The van der Waals surface area contributed by atoms with Crippen LogP contribution in [-0.2, 0) is 17.3 Å². The molecule has 234 valence electrons. The summed E-state index contributed by atoms with van der Waals surface area (Å²) in [5.41, 5.74) is 19.1. The average Bonchev–Trinajstić information content (AvgIpc) is 3.71. The molecule has 0 radical (unpaired) electrons. The quantitative estimate of drug-likeness (QED) is 0.195. The summed E-state index contributed by atoms with van der Waals surface area (Å²) in [5, 5.41) is 0. The van der Waals surface area contributed by atoms with Gasteiger partial charge in [-0.25, -0.2) is 15.0 Å². The number of aromatic nitrogens is 3. The molecule has 0 atom stereocenters. The van der Waals surface area contributed by atoms with Gasteiger partial charge in [-0.2, -0.15) is 0 Å². The molecule has 0 amide bonds. The van der Waals surface area contributed by atoms with E-state index in [0.717, 1.165) is 23.1 Å². The zero-order valence-corrected chi connectivity index (χ0v) is 28.2. The average molecular weight is 630 g/mol. The van der Waals surface area contributed by atoms with Crippen LogP contribution in [0.2, 0.25) is 0 Å². The van der Waals surface area contributed by atoms with E-state index in [4.69, 9.17) is 15.0 Å². The Bertz CT molecular complexity index is 2520. The van der Waals surface area contributed by atoms with Crippen LogP contribution in [0.25, 0.3) is 67.5 Å². The lowest BCUT2D eigenvalue weighted by atomic mass is 9.79. The van der Waals surface area contributed by atoms with Gasteiger partial charge in [0.15, 0.2) is 17.5 Å². The van der Waals surface area contributed by atoms with Gasteiger partial charge in [0.05, 0.1) is 0 Å². The van der Waals surface area contributed by atoms with Crippen molar-refractivity contribution in [1.82, 2.24) is 15.0 Å². The molecule has 0 aliphatic heterocycles. The largest absolute Gasteiger partial charge is 0.208 e. The first kappa shape index (κ1) is 28.4. The van der Waals surface area contributed by atoms with Crippen molar-refractivity contribution in [2.75, 3.05) is 0 Å². The molecule has 0 spiro atoms. The first-order valence-corrected chi connectivity index (χ1v) is 17.3. The van der Waals surface area contributed by atoms with Gasteiger partial charge in [0.2, 0.25) is 0 Å². The molecule has 0 unspecified atom stereocenters. The van der Waals surface area contributed by atoms with Crippen molar-refractivity contribution >= 4 is 0 Å². The van der Waals surface area contributed by atoms with E-state index < -0.39 is 0 Å². The smallest absolute Gasteiger partial charge is 0.164 e. The molecule has 1 heterocycles. The van der Waals surface area contributed by atoms with Crippen LogP contribution in [0.1, 0.15) is 61.1 Å². The van der Waals surface area contributed by atoms with Crippen molar-refractivity contribution in [3.63, 3.8) is 0 Å². The Labute approximate surface area is 287 Å². The van der Waals surface area contributed by atoms with Gasteiger partial charge in [-0.05, 0) is 85.3 Å². The Kier molecular flexibility index (Phi) is 5.75. The molecule has 10 rings (SSSR count). The Hall–Kier alpha value is -5.67. The fourth-order valence-corrected chi connectivity index (χ4v) is 8.91. The Morgan fingerprint density at radius 3 is 1.63 bits per heavy atom. The highest BCUT2D eigenvalue weighted by Crippen LogP contribution is 2.55. The molecule has 1 aromatic heterocycles. The van der Waals surface area contributed by atoms with Crippen LogP contribution in [0.3, 0.4) is 0 Å². The summed E-state index contributed by atoms with van der Waals surface area (Å²) < 4.78 is 0. The van der Waals surface area contributed by atoms with Gasteiger partial charge in [-0.15, -0.1) is 0 Å². The molecule has 0 bridgehead atoms. The van der Waals surface area contributed by atoms with Gasteiger partial charge in [-0.1, -0.05) is 143 Å². The second-order valence-electron chi connectivity index (χ2n) is 14.8. The molecule has 3 aliphatic carbocycles. The SMILES string of the molecule is CC1(C)c2ccccc2-c2ccc(-c3nc(-c4ccccc4)nc(-c4ccc5c(c4)C(C)(C)c4c-5ccc5c4Cc4ccccc4-5)n3)cc21. The highest BCUT2D eigenvalue weighted by atomic mass is 15.0. The van der Waals surface area contributed by atoms with Crippen LogP contribution in [0.4, 0.5) is 0 Å². The molecule has 6 aromatic carbocycles. The fourth-order valence-electron chi connectivity index (χ4n) is 8.91. The van der Waals surface area contributed by atoms with Crippen molar-refractivity contribution in [3.05, 3.63) is 161 Å². The predicted octanol–water partition coefficient (Wildman–Crippen LogP) is 11.1. The third-order valence-electron chi connectivity index (χ3n) is 11.4. The lowest BCUT2D eigenvalue weighted by Crippen LogP contribution is -2.17. The van der Waals surface area contributed by atoms with Gasteiger partial charge in [-0.3, -0.25) is 0 Å². The second kappa shape index (κ2) is 9.93. The fraction of sp³-hybridized carbons (Fsp3) is 0.152. The number of hydrogen-bond acceptors (Lipinski definition) is 3. The van der Waals surface area contributed by atoms with Gasteiger partial charge in [0.25, 0.3) is 0 Å².